The standard InChI is InChI=1S/C21H20Cl2N4O3/c22-15-3-1-14(2-4-15)21-17(27-12-16(23)5-6-18(27)24-21)11-19(28)26-9-7-25(8-10-26)13-20(29)30/h1-6,12H,7-11,13H2,(H,29,30). The molecule has 0 unspecified atom stereocenters. The van der Waals surface area contributed by atoms with Crippen molar-refractivity contribution in [1.82, 2.24) is 19.2 Å². The molecule has 7 nitrogen and oxygen atoms in total. The molecule has 1 saturated heterocycles. The van der Waals surface area contributed by atoms with Gasteiger partial charge in [-0.25, -0.2) is 4.98 Å². The van der Waals surface area contributed by atoms with E-state index in [2.05, 4.69) is 0 Å². The smallest absolute Gasteiger partial charge is 0.317 e. The summed E-state index contributed by atoms with van der Waals surface area (Å²) in [5.74, 6) is -0.882. The summed E-state index contributed by atoms with van der Waals surface area (Å²) in [4.78, 5) is 32.3. The van der Waals surface area contributed by atoms with Gasteiger partial charge in [0, 0.05) is 43.0 Å². The monoisotopic (exact) mass is 446 g/mol. The minimum absolute atomic E-state index is 0.00545. The molecule has 0 bridgehead atoms. The van der Waals surface area contributed by atoms with E-state index in [4.69, 9.17) is 33.3 Å². The van der Waals surface area contributed by atoms with Crippen molar-refractivity contribution < 1.29 is 14.7 Å². The SMILES string of the molecule is O=C(O)CN1CCN(C(=O)Cc2c(-c3ccc(Cl)cc3)nc3ccc(Cl)cn23)CC1. The van der Waals surface area contributed by atoms with E-state index in [1.54, 1.807) is 29.3 Å². The lowest BCUT2D eigenvalue weighted by Crippen LogP contribution is -2.50. The van der Waals surface area contributed by atoms with Gasteiger partial charge in [-0.05, 0) is 24.3 Å². The summed E-state index contributed by atoms with van der Waals surface area (Å²) in [6, 6.07) is 10.9. The van der Waals surface area contributed by atoms with Crippen LogP contribution in [0, 0.1) is 0 Å². The molecule has 156 valence electrons. The molecule has 30 heavy (non-hydrogen) atoms. The Morgan fingerprint density at radius 1 is 0.967 bits per heavy atom. The Balaban J connectivity index is 1.60. The minimum atomic E-state index is -0.856. The average Bonchev–Trinajstić information content (AvgIpc) is 3.06. The van der Waals surface area contributed by atoms with Gasteiger partial charge < -0.3 is 14.4 Å². The number of carboxylic acid groups (broad SMARTS) is 1. The first-order valence-electron chi connectivity index (χ1n) is 9.55. The highest BCUT2D eigenvalue weighted by atomic mass is 35.5. The minimum Gasteiger partial charge on any atom is -0.480 e. The molecule has 1 aliphatic rings. The van der Waals surface area contributed by atoms with E-state index in [1.807, 2.05) is 27.5 Å². The van der Waals surface area contributed by atoms with Crippen LogP contribution in [0.4, 0.5) is 0 Å². The van der Waals surface area contributed by atoms with Crippen molar-refractivity contribution in [2.45, 2.75) is 6.42 Å². The van der Waals surface area contributed by atoms with E-state index in [-0.39, 0.29) is 18.9 Å². The second kappa shape index (κ2) is 8.63. The molecule has 0 atom stereocenters. The number of benzene rings is 1. The molecule has 2 aromatic heterocycles. The van der Waals surface area contributed by atoms with Gasteiger partial charge in [0.15, 0.2) is 0 Å². The van der Waals surface area contributed by atoms with Crippen molar-refractivity contribution in [2.24, 2.45) is 0 Å². The van der Waals surface area contributed by atoms with Gasteiger partial charge in [0.05, 0.1) is 29.4 Å². The summed E-state index contributed by atoms with van der Waals surface area (Å²) in [7, 11) is 0. The van der Waals surface area contributed by atoms with Crippen LogP contribution in [0.3, 0.4) is 0 Å². The molecule has 0 spiro atoms. The van der Waals surface area contributed by atoms with Gasteiger partial charge in [0.2, 0.25) is 5.91 Å². The van der Waals surface area contributed by atoms with Crippen molar-refractivity contribution in [3.63, 3.8) is 0 Å². The molecule has 1 N–H and O–H groups in total. The van der Waals surface area contributed by atoms with E-state index >= 15 is 0 Å². The molecule has 0 radical (unpaired) electrons. The molecule has 3 aromatic rings. The van der Waals surface area contributed by atoms with Crippen LogP contribution in [-0.4, -0.2) is 68.9 Å². The number of imidazole rings is 1. The topological polar surface area (TPSA) is 78.2 Å². The summed E-state index contributed by atoms with van der Waals surface area (Å²) in [5.41, 5.74) is 3.05. The Kier molecular flexibility index (Phi) is 5.94. The van der Waals surface area contributed by atoms with E-state index in [1.165, 1.54) is 0 Å². The van der Waals surface area contributed by atoms with Gasteiger partial charge in [-0.15, -0.1) is 0 Å². The lowest BCUT2D eigenvalue weighted by Gasteiger charge is -2.33. The van der Waals surface area contributed by atoms with Crippen LogP contribution in [0.25, 0.3) is 16.9 Å². The van der Waals surface area contributed by atoms with Gasteiger partial charge in [0.1, 0.15) is 5.65 Å². The number of amides is 1. The molecule has 1 fully saturated rings. The second-order valence-corrected chi connectivity index (χ2v) is 8.09. The van der Waals surface area contributed by atoms with E-state index in [0.717, 1.165) is 11.3 Å². The number of rotatable bonds is 5. The van der Waals surface area contributed by atoms with Crippen molar-refractivity contribution in [3.05, 3.63) is 58.3 Å². The van der Waals surface area contributed by atoms with Crippen LogP contribution in [0.5, 0.6) is 0 Å². The first kappa shape index (κ1) is 20.7. The summed E-state index contributed by atoms with van der Waals surface area (Å²) >= 11 is 12.2. The van der Waals surface area contributed by atoms with Gasteiger partial charge in [-0.1, -0.05) is 35.3 Å². The molecule has 1 amide bonds. The number of carbonyl (C=O) groups excluding carboxylic acids is 1. The van der Waals surface area contributed by atoms with Gasteiger partial charge >= 0.3 is 5.97 Å². The third-order valence-corrected chi connectivity index (χ3v) is 5.68. The van der Waals surface area contributed by atoms with Crippen LogP contribution < -0.4 is 0 Å². The summed E-state index contributed by atoms with van der Waals surface area (Å²) < 4.78 is 1.85. The zero-order valence-corrected chi connectivity index (χ0v) is 17.6. The van der Waals surface area contributed by atoms with Gasteiger partial charge in [-0.2, -0.15) is 0 Å². The number of hydrogen-bond acceptors (Lipinski definition) is 4. The number of hydrogen-bond donors (Lipinski definition) is 1. The predicted octanol–water partition coefficient (Wildman–Crippen LogP) is 3.08. The van der Waals surface area contributed by atoms with E-state index in [0.29, 0.717) is 47.6 Å². The highest BCUT2D eigenvalue weighted by Crippen LogP contribution is 2.28. The number of carboxylic acids is 1. The zero-order valence-electron chi connectivity index (χ0n) is 16.1. The van der Waals surface area contributed by atoms with Crippen molar-refractivity contribution in [2.75, 3.05) is 32.7 Å². The maximum Gasteiger partial charge on any atom is 0.317 e. The molecule has 0 aliphatic carbocycles. The Morgan fingerprint density at radius 3 is 2.30 bits per heavy atom. The maximum absolute atomic E-state index is 13.1. The summed E-state index contributed by atoms with van der Waals surface area (Å²) in [5, 5.41) is 10.1. The highest BCUT2D eigenvalue weighted by Gasteiger charge is 2.25. The Morgan fingerprint density at radius 2 is 1.63 bits per heavy atom. The predicted molar refractivity (Wildman–Crippen MR) is 115 cm³/mol. The fraction of sp³-hybridized carbons (Fsp3) is 0.286. The van der Waals surface area contributed by atoms with Crippen LogP contribution in [0.15, 0.2) is 42.6 Å². The molecular weight excluding hydrogens is 427 g/mol. The first-order valence-corrected chi connectivity index (χ1v) is 10.3. The lowest BCUT2D eigenvalue weighted by molar-refractivity contribution is -0.139. The summed E-state index contributed by atoms with van der Waals surface area (Å²) in [6.45, 7) is 2.08. The molecular formula is C21H20Cl2N4O3. The first-order chi connectivity index (χ1) is 14.4. The molecule has 0 saturated carbocycles. The van der Waals surface area contributed by atoms with Crippen LogP contribution in [0.2, 0.25) is 10.0 Å². The number of carbonyl (C=O) groups is 2. The highest BCUT2D eigenvalue weighted by molar-refractivity contribution is 6.30. The fourth-order valence-electron chi connectivity index (χ4n) is 3.68. The number of nitrogens with zero attached hydrogens (tertiary/aromatic N) is 4. The van der Waals surface area contributed by atoms with Gasteiger partial charge in [-0.3, -0.25) is 14.5 Å². The van der Waals surface area contributed by atoms with Crippen molar-refractivity contribution >= 4 is 40.7 Å². The number of aliphatic carboxylic acids is 1. The van der Waals surface area contributed by atoms with Gasteiger partial charge in [0.25, 0.3) is 0 Å². The molecule has 3 heterocycles. The number of fused-ring (bicyclic) bond motifs is 1. The third-order valence-electron chi connectivity index (χ3n) is 5.20. The van der Waals surface area contributed by atoms with Crippen LogP contribution >= 0.6 is 23.2 Å². The number of pyridine rings is 1. The average molecular weight is 447 g/mol. The molecule has 1 aromatic carbocycles. The van der Waals surface area contributed by atoms with Crippen LogP contribution in [-0.2, 0) is 16.0 Å². The normalized spacial score (nSPS) is 14.9. The van der Waals surface area contributed by atoms with Crippen LogP contribution in [0.1, 0.15) is 5.69 Å². The van der Waals surface area contributed by atoms with Crippen molar-refractivity contribution in [3.8, 4) is 11.3 Å². The third kappa shape index (κ3) is 4.43. The second-order valence-electron chi connectivity index (χ2n) is 7.22. The maximum atomic E-state index is 13.1. The lowest BCUT2D eigenvalue weighted by atomic mass is 10.1. The Bertz CT molecular complexity index is 1090. The number of halogens is 2. The quantitative estimate of drug-likeness (QED) is 0.651. The largest absolute Gasteiger partial charge is 0.480 e. The zero-order chi connectivity index (χ0) is 21.3. The Labute approximate surface area is 183 Å². The summed E-state index contributed by atoms with van der Waals surface area (Å²) in [6.07, 6.45) is 1.93. The van der Waals surface area contributed by atoms with Crippen molar-refractivity contribution in [1.29, 1.82) is 0 Å². The number of piperazine rings is 1. The molecule has 9 heteroatoms. The molecule has 4 rings (SSSR count). The van der Waals surface area contributed by atoms with E-state index < -0.39 is 5.97 Å². The fourth-order valence-corrected chi connectivity index (χ4v) is 3.96. The number of aromatic nitrogens is 2. The Hall–Kier alpha value is -2.61. The molecule has 1 aliphatic heterocycles. The van der Waals surface area contributed by atoms with E-state index in [9.17, 15) is 9.59 Å².